The van der Waals surface area contributed by atoms with Crippen LogP contribution in [0.5, 0.6) is 0 Å². The van der Waals surface area contributed by atoms with E-state index < -0.39 is 17.8 Å². The maximum Gasteiger partial charge on any atom is 0.410 e. The van der Waals surface area contributed by atoms with Crippen LogP contribution in [-0.4, -0.2) is 72.6 Å². The first-order valence-electron chi connectivity index (χ1n) is 7.17. The molecule has 2 amide bonds. The molecule has 1 N–H and O–H groups in total. The molecule has 0 aliphatic rings. The summed E-state index contributed by atoms with van der Waals surface area (Å²) in [6.45, 7) is 9.10. The summed E-state index contributed by atoms with van der Waals surface area (Å²) in [5.74, 6) is 0. The maximum atomic E-state index is 11.8. The van der Waals surface area contributed by atoms with Crippen molar-refractivity contribution in [2.45, 2.75) is 39.7 Å². The predicted molar refractivity (Wildman–Crippen MR) is 79.6 cm³/mol. The molecule has 0 rings (SSSR count). The van der Waals surface area contributed by atoms with E-state index in [9.17, 15) is 9.59 Å². The van der Waals surface area contributed by atoms with Gasteiger partial charge in [0.1, 0.15) is 5.60 Å². The molecule has 0 aliphatic carbocycles. The van der Waals surface area contributed by atoms with Crippen molar-refractivity contribution in [1.82, 2.24) is 9.80 Å². The number of carboxylic acid groups (broad SMARTS) is 1. The molecule has 0 unspecified atom stereocenters. The number of ether oxygens (including phenoxy) is 2. The van der Waals surface area contributed by atoms with Crippen molar-refractivity contribution in [3.8, 4) is 0 Å². The van der Waals surface area contributed by atoms with Crippen LogP contribution in [0.4, 0.5) is 9.59 Å². The van der Waals surface area contributed by atoms with E-state index in [-0.39, 0.29) is 19.6 Å². The Hall–Kier alpha value is -1.50. The molecule has 7 heteroatoms. The molecule has 0 aliphatic heterocycles. The first-order valence-corrected chi connectivity index (χ1v) is 7.17. The third-order valence-corrected chi connectivity index (χ3v) is 2.54. The highest BCUT2D eigenvalue weighted by atomic mass is 16.6. The lowest BCUT2D eigenvalue weighted by atomic mass is 10.2. The van der Waals surface area contributed by atoms with Gasteiger partial charge in [0.25, 0.3) is 0 Å². The molecule has 7 nitrogen and oxygen atoms in total. The van der Waals surface area contributed by atoms with Gasteiger partial charge < -0.3 is 24.4 Å². The summed E-state index contributed by atoms with van der Waals surface area (Å²) in [5, 5.41) is 9.10. The number of carbonyl (C=O) groups is 2. The van der Waals surface area contributed by atoms with Crippen molar-refractivity contribution >= 4 is 12.2 Å². The van der Waals surface area contributed by atoms with Gasteiger partial charge in [-0.25, -0.2) is 9.59 Å². The minimum Gasteiger partial charge on any atom is -0.465 e. The van der Waals surface area contributed by atoms with Gasteiger partial charge in [-0.05, 0) is 27.2 Å². The Bertz CT molecular complexity index is 328. The molecule has 0 spiro atoms. The van der Waals surface area contributed by atoms with Crippen molar-refractivity contribution in [3.05, 3.63) is 0 Å². The van der Waals surface area contributed by atoms with Crippen LogP contribution in [0.15, 0.2) is 0 Å². The van der Waals surface area contributed by atoms with Crippen molar-refractivity contribution in [2.24, 2.45) is 0 Å². The molecule has 0 radical (unpaired) electrons. The number of likely N-dealkylation sites (N-methyl/N-ethyl adjacent to an activating group) is 1. The SMILES string of the molecule is CCCOCCN(CCN(C)C(=O)OC(C)(C)C)C(=O)O. The number of rotatable bonds is 8. The zero-order chi connectivity index (χ0) is 16.5. The van der Waals surface area contributed by atoms with Crippen LogP contribution in [0.3, 0.4) is 0 Å². The highest BCUT2D eigenvalue weighted by Crippen LogP contribution is 2.09. The Kier molecular flexibility index (Phi) is 8.76. The molecule has 0 saturated heterocycles. The van der Waals surface area contributed by atoms with Crippen molar-refractivity contribution in [1.29, 1.82) is 0 Å². The van der Waals surface area contributed by atoms with Crippen LogP contribution in [-0.2, 0) is 9.47 Å². The van der Waals surface area contributed by atoms with Gasteiger partial charge in [0, 0.05) is 33.3 Å². The minimum absolute atomic E-state index is 0.223. The third-order valence-electron chi connectivity index (χ3n) is 2.54. The standard InChI is InChI=1S/C14H28N2O5/c1-6-10-20-11-9-16(12(17)18)8-7-15(5)13(19)21-14(2,3)4/h6-11H2,1-5H3,(H,17,18). The zero-order valence-electron chi connectivity index (χ0n) is 13.7. The Morgan fingerprint density at radius 2 is 1.71 bits per heavy atom. The summed E-state index contributed by atoms with van der Waals surface area (Å²) in [7, 11) is 1.59. The highest BCUT2D eigenvalue weighted by Gasteiger charge is 2.20. The molecule has 0 bridgehead atoms. The molecule has 0 heterocycles. The minimum atomic E-state index is -1.02. The van der Waals surface area contributed by atoms with Gasteiger partial charge in [-0.2, -0.15) is 0 Å². The number of hydrogen-bond donors (Lipinski definition) is 1. The van der Waals surface area contributed by atoms with E-state index in [0.29, 0.717) is 13.2 Å². The average Bonchev–Trinajstić information content (AvgIpc) is 2.35. The number of amides is 2. The summed E-state index contributed by atoms with van der Waals surface area (Å²) in [4.78, 5) is 25.5. The Morgan fingerprint density at radius 3 is 2.19 bits per heavy atom. The Labute approximate surface area is 126 Å². The monoisotopic (exact) mass is 304 g/mol. The van der Waals surface area contributed by atoms with Crippen LogP contribution in [0.2, 0.25) is 0 Å². The van der Waals surface area contributed by atoms with Gasteiger partial charge in [-0.15, -0.1) is 0 Å². The van der Waals surface area contributed by atoms with Crippen LogP contribution >= 0.6 is 0 Å². The van der Waals surface area contributed by atoms with Crippen LogP contribution in [0.1, 0.15) is 34.1 Å². The van der Waals surface area contributed by atoms with Gasteiger partial charge in [-0.1, -0.05) is 6.92 Å². The quantitative estimate of drug-likeness (QED) is 0.696. The van der Waals surface area contributed by atoms with E-state index in [2.05, 4.69) is 0 Å². The van der Waals surface area contributed by atoms with E-state index in [1.54, 1.807) is 27.8 Å². The molecular formula is C14H28N2O5. The Balaban J connectivity index is 4.17. The van der Waals surface area contributed by atoms with E-state index in [0.717, 1.165) is 6.42 Å². The van der Waals surface area contributed by atoms with Gasteiger partial charge in [-0.3, -0.25) is 0 Å². The summed E-state index contributed by atoms with van der Waals surface area (Å²) < 4.78 is 10.5. The fraction of sp³-hybridized carbons (Fsp3) is 0.857. The second kappa shape index (κ2) is 9.44. The number of nitrogens with zero attached hydrogens (tertiary/aromatic N) is 2. The van der Waals surface area contributed by atoms with Crippen LogP contribution in [0, 0.1) is 0 Å². The van der Waals surface area contributed by atoms with E-state index >= 15 is 0 Å². The second-order valence-corrected chi connectivity index (χ2v) is 5.78. The smallest absolute Gasteiger partial charge is 0.410 e. The molecule has 0 saturated carbocycles. The normalized spacial score (nSPS) is 11.1. The van der Waals surface area contributed by atoms with Gasteiger partial charge in [0.15, 0.2) is 0 Å². The van der Waals surface area contributed by atoms with E-state index in [4.69, 9.17) is 14.6 Å². The van der Waals surface area contributed by atoms with Crippen LogP contribution in [0.25, 0.3) is 0 Å². The van der Waals surface area contributed by atoms with Crippen molar-refractivity contribution in [2.75, 3.05) is 39.9 Å². The number of hydrogen-bond acceptors (Lipinski definition) is 4. The second-order valence-electron chi connectivity index (χ2n) is 5.78. The summed E-state index contributed by atoms with van der Waals surface area (Å²) in [6.07, 6.45) is -0.586. The molecule has 0 atom stereocenters. The van der Waals surface area contributed by atoms with E-state index in [1.807, 2.05) is 6.92 Å². The zero-order valence-corrected chi connectivity index (χ0v) is 13.7. The lowest BCUT2D eigenvalue weighted by molar-refractivity contribution is 0.0275. The molecule has 0 fully saturated rings. The topological polar surface area (TPSA) is 79.3 Å². The number of carbonyl (C=O) groups excluding carboxylic acids is 1. The van der Waals surface area contributed by atoms with Gasteiger partial charge in [0.05, 0.1) is 6.61 Å². The van der Waals surface area contributed by atoms with Crippen molar-refractivity contribution < 1.29 is 24.2 Å². The molecular weight excluding hydrogens is 276 g/mol. The van der Waals surface area contributed by atoms with Crippen LogP contribution < -0.4 is 0 Å². The van der Waals surface area contributed by atoms with Gasteiger partial charge in [0.2, 0.25) is 0 Å². The Morgan fingerprint density at radius 1 is 1.10 bits per heavy atom. The summed E-state index contributed by atoms with van der Waals surface area (Å²) >= 11 is 0. The summed E-state index contributed by atoms with van der Waals surface area (Å²) in [6, 6.07) is 0. The average molecular weight is 304 g/mol. The largest absolute Gasteiger partial charge is 0.465 e. The first-order chi connectivity index (χ1) is 9.67. The third kappa shape index (κ3) is 9.95. The fourth-order valence-corrected chi connectivity index (χ4v) is 1.43. The van der Waals surface area contributed by atoms with E-state index in [1.165, 1.54) is 9.80 Å². The van der Waals surface area contributed by atoms with Crippen molar-refractivity contribution in [3.63, 3.8) is 0 Å². The van der Waals surface area contributed by atoms with Gasteiger partial charge >= 0.3 is 12.2 Å². The molecule has 21 heavy (non-hydrogen) atoms. The fourth-order valence-electron chi connectivity index (χ4n) is 1.43. The molecule has 0 aromatic rings. The maximum absolute atomic E-state index is 11.8. The lowest BCUT2D eigenvalue weighted by Gasteiger charge is -2.26. The predicted octanol–water partition coefficient (Wildman–Crippen LogP) is 2.26. The lowest BCUT2D eigenvalue weighted by Crippen LogP contribution is -2.42. The summed E-state index contributed by atoms with van der Waals surface area (Å²) in [5.41, 5.74) is -0.564. The molecule has 124 valence electrons. The molecule has 0 aromatic heterocycles. The molecule has 0 aromatic carbocycles. The highest BCUT2D eigenvalue weighted by molar-refractivity contribution is 5.68. The first kappa shape index (κ1) is 19.5.